The average molecular weight is 462 g/mol. The maximum Gasteiger partial charge on any atom is 0.335 e. The summed E-state index contributed by atoms with van der Waals surface area (Å²) in [5.41, 5.74) is 8.76. The van der Waals surface area contributed by atoms with Crippen molar-refractivity contribution in [1.82, 2.24) is 9.97 Å². The number of ether oxygens (including phenoxy) is 1. The number of carbonyl (C=O) groups excluding carboxylic acids is 1. The molecule has 0 bridgehead atoms. The number of pyridine rings is 2. The average Bonchev–Trinajstić information content (AvgIpc) is 2.81. The van der Waals surface area contributed by atoms with Gasteiger partial charge in [0.1, 0.15) is 11.3 Å². The number of halogens is 1. The Morgan fingerprint density at radius 2 is 1.70 bits per heavy atom. The Morgan fingerprint density at radius 1 is 0.970 bits per heavy atom. The smallest absolute Gasteiger partial charge is 0.335 e. The SMILES string of the molecule is Cc1ccc(C(=O)O)cc1.NC(=O)c1cc(Cl)cnc1Oc1cccc(-c2cccnc2)c1. The number of nitrogens with zero attached hydrogens (tertiary/aromatic N) is 2. The molecule has 33 heavy (non-hydrogen) atoms. The molecule has 0 radical (unpaired) electrons. The third kappa shape index (κ3) is 6.62. The second-order valence-electron chi connectivity index (χ2n) is 6.91. The maximum atomic E-state index is 11.5. The summed E-state index contributed by atoms with van der Waals surface area (Å²) in [6, 6.07) is 19.4. The van der Waals surface area contributed by atoms with Crippen molar-refractivity contribution < 1.29 is 19.4 Å². The van der Waals surface area contributed by atoms with E-state index in [1.165, 1.54) is 12.3 Å². The zero-order valence-electron chi connectivity index (χ0n) is 17.6. The maximum absolute atomic E-state index is 11.5. The fourth-order valence-electron chi connectivity index (χ4n) is 2.77. The quantitative estimate of drug-likeness (QED) is 0.412. The molecule has 0 unspecified atom stereocenters. The van der Waals surface area contributed by atoms with E-state index in [0.29, 0.717) is 16.3 Å². The van der Waals surface area contributed by atoms with E-state index >= 15 is 0 Å². The second-order valence-corrected chi connectivity index (χ2v) is 7.35. The van der Waals surface area contributed by atoms with Crippen LogP contribution in [0.25, 0.3) is 11.1 Å². The lowest BCUT2D eigenvalue weighted by molar-refractivity contribution is 0.0696. The van der Waals surface area contributed by atoms with Gasteiger partial charge in [0.15, 0.2) is 0 Å². The Balaban J connectivity index is 0.000000257. The number of carbonyl (C=O) groups is 2. The van der Waals surface area contributed by atoms with E-state index in [4.69, 9.17) is 27.2 Å². The molecule has 2 aromatic heterocycles. The van der Waals surface area contributed by atoms with Crippen molar-refractivity contribution in [1.29, 1.82) is 0 Å². The van der Waals surface area contributed by atoms with Crippen LogP contribution in [-0.4, -0.2) is 27.0 Å². The Bertz CT molecular complexity index is 1260. The van der Waals surface area contributed by atoms with E-state index in [1.54, 1.807) is 42.7 Å². The van der Waals surface area contributed by atoms with E-state index in [0.717, 1.165) is 16.7 Å². The third-order valence-electron chi connectivity index (χ3n) is 4.43. The van der Waals surface area contributed by atoms with E-state index < -0.39 is 11.9 Å². The van der Waals surface area contributed by atoms with Crippen molar-refractivity contribution in [3.05, 3.63) is 107 Å². The molecule has 0 aliphatic heterocycles. The number of aryl methyl sites for hydroxylation is 1. The molecule has 166 valence electrons. The topological polar surface area (TPSA) is 115 Å². The van der Waals surface area contributed by atoms with Crippen LogP contribution in [0.4, 0.5) is 0 Å². The number of primary amides is 1. The van der Waals surface area contributed by atoms with Crippen molar-refractivity contribution in [3.8, 4) is 22.8 Å². The molecule has 0 aliphatic carbocycles. The Morgan fingerprint density at radius 3 is 2.33 bits per heavy atom. The van der Waals surface area contributed by atoms with Crippen LogP contribution in [0.1, 0.15) is 26.3 Å². The number of aromatic carboxylic acids is 1. The predicted octanol–water partition coefficient (Wildman–Crippen LogP) is 5.38. The summed E-state index contributed by atoms with van der Waals surface area (Å²) in [4.78, 5) is 29.9. The largest absolute Gasteiger partial charge is 0.478 e. The first-order valence-electron chi connectivity index (χ1n) is 9.77. The summed E-state index contributed by atoms with van der Waals surface area (Å²) in [5, 5.41) is 8.79. The van der Waals surface area contributed by atoms with Gasteiger partial charge < -0.3 is 15.6 Å². The summed E-state index contributed by atoms with van der Waals surface area (Å²) in [7, 11) is 0. The minimum Gasteiger partial charge on any atom is -0.478 e. The van der Waals surface area contributed by atoms with Crippen LogP contribution in [0.15, 0.2) is 85.3 Å². The highest BCUT2D eigenvalue weighted by Gasteiger charge is 2.13. The molecule has 7 nitrogen and oxygen atoms in total. The summed E-state index contributed by atoms with van der Waals surface area (Å²) in [6.45, 7) is 1.92. The molecule has 8 heteroatoms. The molecule has 4 aromatic rings. The molecule has 0 fully saturated rings. The van der Waals surface area contributed by atoms with E-state index in [9.17, 15) is 9.59 Å². The fourth-order valence-corrected chi connectivity index (χ4v) is 2.92. The third-order valence-corrected chi connectivity index (χ3v) is 4.63. The van der Waals surface area contributed by atoms with E-state index in [-0.39, 0.29) is 11.4 Å². The number of carboxylic acid groups (broad SMARTS) is 1. The predicted molar refractivity (Wildman–Crippen MR) is 126 cm³/mol. The lowest BCUT2D eigenvalue weighted by Crippen LogP contribution is -2.13. The second kappa shape index (κ2) is 10.9. The monoisotopic (exact) mass is 461 g/mol. The molecule has 4 rings (SSSR count). The Hall–Kier alpha value is -4.23. The van der Waals surface area contributed by atoms with Crippen molar-refractivity contribution in [2.75, 3.05) is 0 Å². The minimum atomic E-state index is -0.875. The van der Waals surface area contributed by atoms with E-state index in [1.807, 2.05) is 37.3 Å². The van der Waals surface area contributed by atoms with Crippen LogP contribution in [0, 0.1) is 6.92 Å². The minimum absolute atomic E-state index is 0.116. The molecule has 0 atom stereocenters. The number of carboxylic acids is 1. The number of hydrogen-bond acceptors (Lipinski definition) is 5. The highest BCUT2D eigenvalue weighted by Crippen LogP contribution is 2.28. The molecule has 0 saturated heterocycles. The van der Waals surface area contributed by atoms with Gasteiger partial charge in [-0.2, -0.15) is 0 Å². The Labute approximate surface area is 195 Å². The molecule has 3 N–H and O–H groups in total. The van der Waals surface area contributed by atoms with Crippen LogP contribution in [0.5, 0.6) is 11.6 Å². The lowest BCUT2D eigenvalue weighted by atomic mass is 10.1. The van der Waals surface area contributed by atoms with Gasteiger partial charge in [0.25, 0.3) is 5.91 Å². The van der Waals surface area contributed by atoms with Gasteiger partial charge in [-0.05, 0) is 48.9 Å². The number of rotatable bonds is 5. The van der Waals surface area contributed by atoms with Gasteiger partial charge in [-0.25, -0.2) is 9.78 Å². The first-order chi connectivity index (χ1) is 15.8. The van der Waals surface area contributed by atoms with Crippen LogP contribution in [0.3, 0.4) is 0 Å². The summed E-state index contributed by atoms with van der Waals surface area (Å²) >= 11 is 5.84. The molecule has 2 aromatic carbocycles. The molecular formula is C25H20ClN3O4. The number of benzene rings is 2. The molecule has 2 heterocycles. The van der Waals surface area contributed by atoms with Crippen LogP contribution < -0.4 is 10.5 Å². The Kier molecular flexibility index (Phi) is 7.73. The first-order valence-corrected chi connectivity index (χ1v) is 10.1. The van der Waals surface area contributed by atoms with Crippen molar-refractivity contribution in [3.63, 3.8) is 0 Å². The summed E-state index contributed by atoms with van der Waals surface area (Å²) in [5.74, 6) is -0.882. The van der Waals surface area contributed by atoms with Gasteiger partial charge in [0.05, 0.1) is 10.6 Å². The summed E-state index contributed by atoms with van der Waals surface area (Å²) in [6.07, 6.45) is 4.86. The first kappa shape index (κ1) is 23.4. The molecular weight excluding hydrogens is 442 g/mol. The zero-order chi connectivity index (χ0) is 23.8. The van der Waals surface area contributed by atoms with Gasteiger partial charge >= 0.3 is 5.97 Å². The van der Waals surface area contributed by atoms with Gasteiger partial charge in [0.2, 0.25) is 5.88 Å². The van der Waals surface area contributed by atoms with Crippen LogP contribution >= 0.6 is 11.6 Å². The van der Waals surface area contributed by atoms with Gasteiger partial charge in [0, 0.05) is 24.2 Å². The molecule has 1 amide bonds. The molecule has 0 spiro atoms. The number of nitrogens with two attached hydrogens (primary N) is 1. The number of aromatic nitrogens is 2. The number of amides is 1. The van der Waals surface area contributed by atoms with Crippen molar-refractivity contribution in [2.24, 2.45) is 5.73 Å². The lowest BCUT2D eigenvalue weighted by Gasteiger charge is -2.09. The van der Waals surface area contributed by atoms with Crippen molar-refractivity contribution in [2.45, 2.75) is 6.92 Å². The van der Waals surface area contributed by atoms with Crippen molar-refractivity contribution >= 4 is 23.5 Å². The van der Waals surface area contributed by atoms with Gasteiger partial charge in [-0.15, -0.1) is 0 Å². The number of hydrogen-bond donors (Lipinski definition) is 2. The van der Waals surface area contributed by atoms with Crippen LogP contribution in [0.2, 0.25) is 5.02 Å². The van der Waals surface area contributed by atoms with Gasteiger partial charge in [-0.3, -0.25) is 9.78 Å². The molecule has 0 saturated carbocycles. The molecule has 0 aliphatic rings. The fraction of sp³-hybridized carbons (Fsp3) is 0.0400. The van der Waals surface area contributed by atoms with Gasteiger partial charge in [-0.1, -0.05) is 47.5 Å². The highest BCUT2D eigenvalue weighted by molar-refractivity contribution is 6.30. The summed E-state index contributed by atoms with van der Waals surface area (Å²) < 4.78 is 5.70. The highest BCUT2D eigenvalue weighted by atomic mass is 35.5. The zero-order valence-corrected chi connectivity index (χ0v) is 18.4. The standard InChI is InChI=1S/C17H12ClN3O2.C8H8O2/c18-13-8-15(16(19)22)17(21-10-13)23-14-5-1-3-11(7-14)12-4-2-6-20-9-12;1-6-2-4-7(5-3-6)8(9)10/h1-10H,(H2,19,22);2-5H,1H3,(H,9,10). The normalized spacial score (nSPS) is 10.0. The van der Waals surface area contributed by atoms with E-state index in [2.05, 4.69) is 9.97 Å². The van der Waals surface area contributed by atoms with Crippen LogP contribution in [-0.2, 0) is 0 Å².